The SMILES string of the molecule is Cc1oc(-n2cccc2)c(C#N)c1C(=O)Nc1cccc(-c2cnco2)c1. The summed E-state index contributed by atoms with van der Waals surface area (Å²) >= 11 is 0. The zero-order valence-electron chi connectivity index (χ0n) is 14.3. The molecule has 0 bridgehead atoms. The summed E-state index contributed by atoms with van der Waals surface area (Å²) in [5.74, 6) is 0.874. The first-order valence-electron chi connectivity index (χ1n) is 8.14. The maximum Gasteiger partial charge on any atom is 0.260 e. The molecule has 3 aromatic heterocycles. The van der Waals surface area contributed by atoms with Crippen molar-refractivity contribution in [2.45, 2.75) is 6.92 Å². The van der Waals surface area contributed by atoms with E-state index in [9.17, 15) is 10.1 Å². The average molecular weight is 358 g/mol. The Bertz CT molecular complexity index is 1130. The molecule has 1 aromatic carbocycles. The van der Waals surface area contributed by atoms with Crippen molar-refractivity contribution in [3.8, 4) is 23.3 Å². The van der Waals surface area contributed by atoms with E-state index in [4.69, 9.17) is 8.83 Å². The number of amides is 1. The molecule has 0 radical (unpaired) electrons. The number of hydrogen-bond donors (Lipinski definition) is 1. The molecule has 0 spiro atoms. The second kappa shape index (κ2) is 6.69. The molecular weight excluding hydrogens is 344 g/mol. The maximum absolute atomic E-state index is 12.8. The van der Waals surface area contributed by atoms with Crippen molar-refractivity contribution < 1.29 is 13.6 Å². The van der Waals surface area contributed by atoms with E-state index in [0.717, 1.165) is 5.56 Å². The second-order valence-electron chi connectivity index (χ2n) is 5.82. The lowest BCUT2D eigenvalue weighted by Crippen LogP contribution is -2.14. The Balaban J connectivity index is 1.67. The highest BCUT2D eigenvalue weighted by atomic mass is 16.4. The first-order valence-corrected chi connectivity index (χ1v) is 8.14. The zero-order valence-corrected chi connectivity index (χ0v) is 14.3. The van der Waals surface area contributed by atoms with Crippen LogP contribution in [0.15, 0.2) is 70.2 Å². The van der Waals surface area contributed by atoms with Gasteiger partial charge in [0, 0.05) is 23.6 Å². The van der Waals surface area contributed by atoms with Crippen molar-refractivity contribution >= 4 is 11.6 Å². The smallest absolute Gasteiger partial charge is 0.260 e. The van der Waals surface area contributed by atoms with E-state index in [1.54, 1.807) is 48.3 Å². The number of nitriles is 1. The molecule has 0 saturated heterocycles. The molecule has 27 heavy (non-hydrogen) atoms. The van der Waals surface area contributed by atoms with E-state index in [1.165, 1.54) is 6.39 Å². The van der Waals surface area contributed by atoms with Crippen LogP contribution in [-0.2, 0) is 0 Å². The molecular formula is C20H14N4O3. The molecule has 0 unspecified atom stereocenters. The van der Waals surface area contributed by atoms with Gasteiger partial charge in [-0.1, -0.05) is 12.1 Å². The first kappa shape index (κ1) is 16.4. The van der Waals surface area contributed by atoms with E-state index < -0.39 is 5.91 Å². The summed E-state index contributed by atoms with van der Waals surface area (Å²) in [6.45, 7) is 1.66. The number of furan rings is 1. The van der Waals surface area contributed by atoms with Gasteiger partial charge in [0.1, 0.15) is 23.0 Å². The van der Waals surface area contributed by atoms with Gasteiger partial charge in [0.05, 0.1) is 6.20 Å². The molecule has 0 fully saturated rings. The number of carbonyl (C=O) groups is 1. The van der Waals surface area contributed by atoms with E-state index in [0.29, 0.717) is 23.1 Å². The molecule has 4 aromatic rings. The zero-order chi connectivity index (χ0) is 18.8. The van der Waals surface area contributed by atoms with Gasteiger partial charge in [0.25, 0.3) is 5.91 Å². The van der Waals surface area contributed by atoms with Gasteiger partial charge in [-0.15, -0.1) is 0 Å². The van der Waals surface area contributed by atoms with Gasteiger partial charge in [-0.25, -0.2) is 4.98 Å². The van der Waals surface area contributed by atoms with Gasteiger partial charge >= 0.3 is 0 Å². The highest BCUT2D eigenvalue weighted by molar-refractivity contribution is 6.07. The number of nitrogens with zero attached hydrogens (tertiary/aromatic N) is 3. The minimum Gasteiger partial charge on any atom is -0.444 e. The van der Waals surface area contributed by atoms with Gasteiger partial charge < -0.3 is 14.2 Å². The molecule has 0 aliphatic rings. The van der Waals surface area contributed by atoms with Crippen LogP contribution in [0.4, 0.5) is 5.69 Å². The van der Waals surface area contributed by atoms with Crippen LogP contribution in [0.25, 0.3) is 17.2 Å². The van der Waals surface area contributed by atoms with Crippen molar-refractivity contribution in [2.75, 3.05) is 5.32 Å². The summed E-state index contributed by atoms with van der Waals surface area (Å²) in [7, 11) is 0. The summed E-state index contributed by atoms with van der Waals surface area (Å²) < 4.78 is 12.6. The van der Waals surface area contributed by atoms with Crippen molar-refractivity contribution in [2.24, 2.45) is 0 Å². The summed E-state index contributed by atoms with van der Waals surface area (Å²) in [6, 6.07) is 12.9. The molecule has 4 rings (SSSR count). The van der Waals surface area contributed by atoms with Crippen LogP contribution in [0.1, 0.15) is 21.7 Å². The Morgan fingerprint density at radius 2 is 2.07 bits per heavy atom. The van der Waals surface area contributed by atoms with Crippen LogP contribution in [0.2, 0.25) is 0 Å². The van der Waals surface area contributed by atoms with E-state index in [-0.39, 0.29) is 11.1 Å². The average Bonchev–Trinajstić information content (AvgIpc) is 3.42. The lowest BCUT2D eigenvalue weighted by atomic mass is 10.1. The molecule has 0 aliphatic heterocycles. The lowest BCUT2D eigenvalue weighted by Gasteiger charge is -2.06. The third-order valence-corrected chi connectivity index (χ3v) is 4.08. The fraction of sp³-hybridized carbons (Fsp3) is 0.0500. The van der Waals surface area contributed by atoms with E-state index >= 15 is 0 Å². The topological polar surface area (TPSA) is 97.0 Å². The lowest BCUT2D eigenvalue weighted by molar-refractivity contribution is 0.102. The minimum atomic E-state index is -0.416. The number of hydrogen-bond acceptors (Lipinski definition) is 5. The fourth-order valence-corrected chi connectivity index (χ4v) is 2.86. The molecule has 0 atom stereocenters. The molecule has 1 amide bonds. The molecule has 3 heterocycles. The number of oxazole rings is 1. The number of aryl methyl sites for hydroxylation is 1. The number of rotatable bonds is 4. The summed E-state index contributed by atoms with van der Waals surface area (Å²) in [4.78, 5) is 16.7. The standard InChI is InChI=1S/C20H14N4O3/c1-13-18(16(10-21)20(27-13)24-7-2-3-8-24)19(25)23-15-6-4-5-14(9-15)17-11-22-12-26-17/h2-9,11-12H,1H3,(H,23,25). The van der Waals surface area contributed by atoms with Gasteiger partial charge in [-0.05, 0) is 31.2 Å². The molecule has 7 nitrogen and oxygen atoms in total. The molecule has 0 aliphatic carbocycles. The molecule has 0 saturated carbocycles. The fourth-order valence-electron chi connectivity index (χ4n) is 2.86. The van der Waals surface area contributed by atoms with E-state index in [1.807, 2.05) is 18.2 Å². The normalized spacial score (nSPS) is 10.5. The number of carbonyl (C=O) groups excluding carboxylic acids is 1. The van der Waals surface area contributed by atoms with Gasteiger partial charge in [-0.2, -0.15) is 5.26 Å². The highest BCUT2D eigenvalue weighted by Gasteiger charge is 2.24. The largest absolute Gasteiger partial charge is 0.444 e. The van der Waals surface area contributed by atoms with Crippen LogP contribution >= 0.6 is 0 Å². The minimum absolute atomic E-state index is 0.188. The Morgan fingerprint density at radius 1 is 1.26 bits per heavy atom. The second-order valence-corrected chi connectivity index (χ2v) is 5.82. The first-order chi connectivity index (χ1) is 13.2. The van der Waals surface area contributed by atoms with Crippen LogP contribution in [0.5, 0.6) is 0 Å². The van der Waals surface area contributed by atoms with Gasteiger partial charge in [0.15, 0.2) is 12.2 Å². The van der Waals surface area contributed by atoms with Gasteiger partial charge in [0.2, 0.25) is 5.88 Å². The monoisotopic (exact) mass is 358 g/mol. The van der Waals surface area contributed by atoms with Crippen molar-refractivity contribution in [1.29, 1.82) is 5.26 Å². The van der Waals surface area contributed by atoms with Crippen molar-refractivity contribution in [3.05, 3.63) is 78.3 Å². The van der Waals surface area contributed by atoms with Crippen LogP contribution in [0.3, 0.4) is 0 Å². The highest BCUT2D eigenvalue weighted by Crippen LogP contribution is 2.27. The van der Waals surface area contributed by atoms with Crippen molar-refractivity contribution in [3.63, 3.8) is 0 Å². The summed E-state index contributed by atoms with van der Waals surface area (Å²) in [5, 5.41) is 12.4. The van der Waals surface area contributed by atoms with Crippen LogP contribution < -0.4 is 5.32 Å². The van der Waals surface area contributed by atoms with E-state index in [2.05, 4.69) is 16.4 Å². The quantitative estimate of drug-likeness (QED) is 0.591. The third-order valence-electron chi connectivity index (χ3n) is 4.08. The van der Waals surface area contributed by atoms with Crippen LogP contribution in [-0.4, -0.2) is 15.5 Å². The Hall–Kier alpha value is -4.05. The predicted molar refractivity (Wildman–Crippen MR) is 97.4 cm³/mol. The number of anilines is 1. The Kier molecular flexibility index (Phi) is 4.07. The maximum atomic E-state index is 12.8. The number of benzene rings is 1. The molecule has 7 heteroatoms. The molecule has 132 valence electrons. The third kappa shape index (κ3) is 3.00. The number of nitrogens with one attached hydrogen (secondary N) is 1. The number of aromatic nitrogens is 2. The van der Waals surface area contributed by atoms with Gasteiger partial charge in [-0.3, -0.25) is 9.36 Å². The Morgan fingerprint density at radius 3 is 2.78 bits per heavy atom. The summed E-state index contributed by atoms with van der Waals surface area (Å²) in [5.41, 5.74) is 1.75. The molecule has 1 N–H and O–H groups in total. The van der Waals surface area contributed by atoms with Crippen molar-refractivity contribution in [1.82, 2.24) is 9.55 Å². The predicted octanol–water partition coefficient (Wildman–Crippen LogP) is 4.16. The Labute approximate surface area is 154 Å². The summed E-state index contributed by atoms with van der Waals surface area (Å²) in [6.07, 6.45) is 6.44. The van der Waals surface area contributed by atoms with Crippen LogP contribution in [0, 0.1) is 18.3 Å².